The highest BCUT2D eigenvalue weighted by Gasteiger charge is 2.14. The van der Waals surface area contributed by atoms with E-state index in [1.165, 1.54) is 0 Å². The number of nitrogen functional groups attached to an aromatic ring is 1. The first-order valence-corrected chi connectivity index (χ1v) is 5.12. The van der Waals surface area contributed by atoms with E-state index in [0.717, 1.165) is 4.68 Å². The van der Waals surface area contributed by atoms with Crippen LogP contribution in [-0.2, 0) is 4.74 Å². The quantitative estimate of drug-likeness (QED) is 0.829. The van der Waals surface area contributed by atoms with Crippen molar-refractivity contribution in [3.05, 3.63) is 23.2 Å². The smallest absolute Gasteiger partial charge is 0.436 e. The van der Waals surface area contributed by atoms with Crippen LogP contribution >= 0.6 is 11.6 Å². The number of rotatable bonds is 1. The Hall–Kier alpha value is -1.75. The number of aromatic nitrogens is 2. The van der Waals surface area contributed by atoms with E-state index >= 15 is 0 Å². The minimum atomic E-state index is -0.590. The van der Waals surface area contributed by atoms with E-state index in [4.69, 9.17) is 22.1 Å². The zero-order valence-corrected chi connectivity index (χ0v) is 9.36. The van der Waals surface area contributed by atoms with Gasteiger partial charge in [-0.2, -0.15) is 5.10 Å². The molecule has 1 heterocycles. The number of nitrogens with zero attached hydrogens (tertiary/aromatic N) is 2. The molecule has 0 spiro atoms. The third kappa shape index (κ3) is 1.69. The maximum Gasteiger partial charge on any atom is 0.436 e. The molecule has 1 aromatic carbocycles. The Labute approximate surface area is 96.7 Å². The number of hydrogen-bond donors (Lipinski definition) is 1. The number of benzene rings is 1. The predicted molar refractivity (Wildman–Crippen MR) is 61.6 cm³/mol. The number of fused-ring (bicyclic) bond motifs is 1. The molecule has 2 aromatic rings. The Kier molecular flexibility index (Phi) is 2.70. The first kappa shape index (κ1) is 10.8. The number of hydrogen-bond acceptors (Lipinski definition) is 4. The minimum absolute atomic E-state index is 0.255. The molecule has 0 unspecified atom stereocenters. The molecule has 0 atom stereocenters. The third-order valence-electron chi connectivity index (χ3n) is 2.11. The van der Waals surface area contributed by atoms with Crippen LogP contribution < -0.4 is 5.73 Å². The molecule has 84 valence electrons. The van der Waals surface area contributed by atoms with E-state index in [9.17, 15) is 4.79 Å². The van der Waals surface area contributed by atoms with Crippen molar-refractivity contribution >= 4 is 34.4 Å². The van der Waals surface area contributed by atoms with Gasteiger partial charge in [0.15, 0.2) is 0 Å². The summed E-state index contributed by atoms with van der Waals surface area (Å²) in [5.74, 6) is 0.255. The molecule has 0 amide bonds. The van der Waals surface area contributed by atoms with Crippen LogP contribution in [0, 0.1) is 0 Å². The Morgan fingerprint density at radius 3 is 3.06 bits per heavy atom. The molecule has 2 rings (SSSR count). The summed E-state index contributed by atoms with van der Waals surface area (Å²) >= 11 is 5.81. The molecule has 0 aliphatic heterocycles. The number of halogens is 1. The second-order valence-electron chi connectivity index (χ2n) is 3.16. The molecular formula is C10H10ClN3O2. The van der Waals surface area contributed by atoms with E-state index in [-0.39, 0.29) is 12.4 Å². The first-order chi connectivity index (χ1) is 7.63. The summed E-state index contributed by atoms with van der Waals surface area (Å²) < 4.78 is 5.85. The van der Waals surface area contributed by atoms with E-state index in [2.05, 4.69) is 5.10 Å². The van der Waals surface area contributed by atoms with E-state index in [0.29, 0.717) is 15.9 Å². The van der Waals surface area contributed by atoms with Gasteiger partial charge in [0.25, 0.3) is 0 Å². The number of nitrogens with two attached hydrogens (primary N) is 1. The molecule has 1 aromatic heterocycles. The lowest BCUT2D eigenvalue weighted by atomic mass is 10.2. The van der Waals surface area contributed by atoms with Crippen LogP contribution in [0.25, 0.3) is 10.9 Å². The Morgan fingerprint density at radius 2 is 2.38 bits per heavy atom. The monoisotopic (exact) mass is 239 g/mol. The average molecular weight is 240 g/mol. The van der Waals surface area contributed by atoms with E-state index < -0.39 is 6.09 Å². The van der Waals surface area contributed by atoms with Crippen LogP contribution in [0.4, 0.5) is 10.6 Å². The first-order valence-electron chi connectivity index (χ1n) is 4.74. The largest absolute Gasteiger partial charge is 0.448 e. The Balaban J connectivity index is 2.55. The van der Waals surface area contributed by atoms with Crippen LogP contribution in [0.15, 0.2) is 18.2 Å². The molecule has 0 aliphatic rings. The lowest BCUT2D eigenvalue weighted by Crippen LogP contribution is -2.17. The predicted octanol–water partition coefficient (Wildman–Crippen LogP) is 2.28. The van der Waals surface area contributed by atoms with Gasteiger partial charge >= 0.3 is 6.09 Å². The fraction of sp³-hybridized carbons (Fsp3) is 0.200. The number of carbonyl (C=O) groups excluding carboxylic acids is 1. The molecule has 0 saturated heterocycles. The summed E-state index contributed by atoms with van der Waals surface area (Å²) in [6, 6.07) is 5.05. The SMILES string of the molecule is CCOC(=O)n1nc2cc(Cl)ccc2c1N. The highest BCUT2D eigenvalue weighted by molar-refractivity contribution is 6.31. The van der Waals surface area contributed by atoms with Crippen LogP contribution in [0.3, 0.4) is 0 Å². The third-order valence-corrected chi connectivity index (χ3v) is 2.35. The van der Waals surface area contributed by atoms with Crippen LogP contribution in [0.2, 0.25) is 5.02 Å². The van der Waals surface area contributed by atoms with Gasteiger partial charge < -0.3 is 10.5 Å². The molecule has 16 heavy (non-hydrogen) atoms. The minimum Gasteiger partial charge on any atom is -0.448 e. The van der Waals surface area contributed by atoms with Crippen LogP contribution in [0.1, 0.15) is 6.92 Å². The number of anilines is 1. The van der Waals surface area contributed by atoms with Gasteiger partial charge in [0.05, 0.1) is 12.1 Å². The number of carbonyl (C=O) groups is 1. The Bertz CT molecular complexity index is 550. The van der Waals surface area contributed by atoms with Gasteiger partial charge in [0.2, 0.25) is 0 Å². The van der Waals surface area contributed by atoms with E-state index in [1.54, 1.807) is 25.1 Å². The summed E-state index contributed by atoms with van der Waals surface area (Å²) in [5.41, 5.74) is 6.34. The summed E-state index contributed by atoms with van der Waals surface area (Å²) in [4.78, 5) is 11.5. The summed E-state index contributed by atoms with van der Waals surface area (Å²) in [7, 11) is 0. The zero-order valence-electron chi connectivity index (χ0n) is 8.61. The summed E-state index contributed by atoms with van der Waals surface area (Å²) in [6.07, 6.45) is -0.590. The van der Waals surface area contributed by atoms with Crippen molar-refractivity contribution in [2.45, 2.75) is 6.92 Å². The van der Waals surface area contributed by atoms with Gasteiger partial charge in [-0.05, 0) is 25.1 Å². The fourth-order valence-corrected chi connectivity index (χ4v) is 1.57. The number of ether oxygens (including phenoxy) is 1. The average Bonchev–Trinajstić information content (AvgIpc) is 2.56. The van der Waals surface area contributed by atoms with E-state index in [1.807, 2.05) is 0 Å². The van der Waals surface area contributed by atoms with Gasteiger partial charge in [-0.3, -0.25) is 0 Å². The topological polar surface area (TPSA) is 70.1 Å². The van der Waals surface area contributed by atoms with Crippen molar-refractivity contribution in [3.63, 3.8) is 0 Å². The van der Waals surface area contributed by atoms with Crippen LogP contribution in [-0.4, -0.2) is 22.5 Å². The van der Waals surface area contributed by atoms with Crippen molar-refractivity contribution in [2.24, 2.45) is 0 Å². The van der Waals surface area contributed by atoms with Gasteiger partial charge in [-0.25, -0.2) is 4.79 Å². The maximum atomic E-state index is 11.5. The van der Waals surface area contributed by atoms with Crippen molar-refractivity contribution in [1.29, 1.82) is 0 Å². The molecule has 5 nitrogen and oxygen atoms in total. The van der Waals surface area contributed by atoms with Crippen LogP contribution in [0.5, 0.6) is 0 Å². The molecule has 0 saturated carbocycles. The second kappa shape index (κ2) is 4.02. The van der Waals surface area contributed by atoms with Crippen molar-refractivity contribution in [3.8, 4) is 0 Å². The van der Waals surface area contributed by atoms with Gasteiger partial charge in [-0.15, -0.1) is 4.68 Å². The molecule has 2 N–H and O–H groups in total. The standard InChI is InChI=1S/C10H10ClN3O2/c1-2-16-10(15)14-9(12)7-4-3-6(11)5-8(7)13-14/h3-5H,2,12H2,1H3. The highest BCUT2D eigenvalue weighted by atomic mass is 35.5. The summed E-state index contributed by atoms with van der Waals surface area (Å²) in [5, 5.41) is 5.25. The molecule has 0 radical (unpaired) electrons. The summed E-state index contributed by atoms with van der Waals surface area (Å²) in [6.45, 7) is 1.99. The zero-order chi connectivity index (χ0) is 11.7. The lowest BCUT2D eigenvalue weighted by molar-refractivity contribution is 0.151. The van der Waals surface area contributed by atoms with Crippen molar-refractivity contribution < 1.29 is 9.53 Å². The molecule has 0 aliphatic carbocycles. The van der Waals surface area contributed by atoms with Gasteiger partial charge in [0.1, 0.15) is 5.82 Å². The normalized spacial score (nSPS) is 10.6. The molecule has 6 heteroatoms. The van der Waals surface area contributed by atoms with Gasteiger partial charge in [-0.1, -0.05) is 11.6 Å². The maximum absolute atomic E-state index is 11.5. The van der Waals surface area contributed by atoms with Crippen molar-refractivity contribution in [1.82, 2.24) is 9.78 Å². The molecule has 0 fully saturated rings. The molecular weight excluding hydrogens is 230 g/mol. The second-order valence-corrected chi connectivity index (χ2v) is 3.59. The van der Waals surface area contributed by atoms with Gasteiger partial charge in [0, 0.05) is 10.4 Å². The lowest BCUT2D eigenvalue weighted by Gasteiger charge is -2.01. The highest BCUT2D eigenvalue weighted by Crippen LogP contribution is 2.23. The molecule has 0 bridgehead atoms. The fourth-order valence-electron chi connectivity index (χ4n) is 1.40. The Morgan fingerprint density at radius 1 is 1.62 bits per heavy atom. The van der Waals surface area contributed by atoms with Crippen molar-refractivity contribution in [2.75, 3.05) is 12.3 Å².